The number of nitrogens with zero attached hydrogens (tertiary/aromatic N) is 4. The predicted molar refractivity (Wildman–Crippen MR) is 165 cm³/mol. The molecule has 4 heterocycles. The van der Waals surface area contributed by atoms with Crippen molar-refractivity contribution in [3.8, 4) is 16.8 Å². The van der Waals surface area contributed by atoms with Crippen LogP contribution in [-0.4, -0.2) is 28.3 Å². The summed E-state index contributed by atoms with van der Waals surface area (Å²) in [6.07, 6.45) is 1.55. The highest BCUT2D eigenvalue weighted by Gasteiger charge is 2.34. The maximum atomic E-state index is 14.1. The second kappa shape index (κ2) is 11.2. The predicted octanol–water partition coefficient (Wildman–Crippen LogP) is 5.15. The molecule has 10 heteroatoms. The van der Waals surface area contributed by atoms with Crippen LogP contribution >= 0.6 is 22.7 Å². The number of hydrogen-bond acceptors (Lipinski definition) is 8. The number of ether oxygens (including phenoxy) is 2. The first-order valence-corrected chi connectivity index (χ1v) is 15.2. The van der Waals surface area contributed by atoms with Crippen molar-refractivity contribution in [2.45, 2.75) is 60.6 Å². The Morgan fingerprint density at radius 2 is 1.81 bits per heavy atom. The number of allylic oxidation sites excluding steroid dienone is 1. The number of benzene rings is 1. The van der Waals surface area contributed by atoms with Crippen molar-refractivity contribution >= 4 is 34.7 Å². The lowest BCUT2D eigenvalue weighted by Crippen LogP contribution is -2.40. The Labute approximate surface area is 252 Å². The minimum absolute atomic E-state index is 0.243. The number of fused-ring (bicyclic) bond motifs is 1. The molecule has 0 N–H and O–H groups in total. The normalized spacial score (nSPS) is 15.0. The van der Waals surface area contributed by atoms with Crippen LogP contribution < -0.4 is 19.6 Å². The molecule has 0 spiro atoms. The van der Waals surface area contributed by atoms with E-state index in [1.165, 1.54) is 11.3 Å². The second-order valence-electron chi connectivity index (χ2n) is 10.5. The van der Waals surface area contributed by atoms with Gasteiger partial charge >= 0.3 is 5.97 Å². The van der Waals surface area contributed by atoms with Gasteiger partial charge in [0.2, 0.25) is 0 Å². The third-order valence-electron chi connectivity index (χ3n) is 7.45. The molecular weight excluding hydrogens is 569 g/mol. The van der Waals surface area contributed by atoms with Crippen LogP contribution in [0.25, 0.3) is 11.1 Å². The van der Waals surface area contributed by atoms with E-state index in [0.29, 0.717) is 31.9 Å². The summed E-state index contributed by atoms with van der Waals surface area (Å²) in [4.78, 5) is 33.7. The van der Waals surface area contributed by atoms with Gasteiger partial charge in [0.25, 0.3) is 5.56 Å². The fraction of sp³-hybridized carbons (Fsp3) is 0.312. The van der Waals surface area contributed by atoms with Gasteiger partial charge in [0.1, 0.15) is 16.8 Å². The van der Waals surface area contributed by atoms with E-state index in [1.807, 2.05) is 64.1 Å². The Morgan fingerprint density at radius 1 is 1.12 bits per heavy atom. The first-order chi connectivity index (χ1) is 20.0. The fourth-order valence-electron chi connectivity index (χ4n) is 5.25. The molecule has 216 valence electrons. The number of aryl methyl sites for hydroxylation is 2. The molecule has 0 aliphatic carbocycles. The van der Waals surface area contributed by atoms with Crippen molar-refractivity contribution in [3.05, 3.63) is 99.8 Å². The zero-order chi connectivity index (χ0) is 30.5. The number of thiophene rings is 1. The smallest absolute Gasteiger partial charge is 0.338 e. The highest BCUT2D eigenvalue weighted by molar-refractivity contribution is 7.15. The van der Waals surface area contributed by atoms with Gasteiger partial charge in [-0.15, -0.1) is 11.3 Å². The average molecular weight is 601 g/mol. The molecule has 0 saturated carbocycles. The Morgan fingerprint density at radius 3 is 2.43 bits per heavy atom. The molecular formula is C32H32N4O4S2. The van der Waals surface area contributed by atoms with Crippen LogP contribution in [0, 0.1) is 39.0 Å². The Kier molecular flexibility index (Phi) is 7.84. The van der Waals surface area contributed by atoms with Gasteiger partial charge < -0.3 is 14.0 Å². The first-order valence-electron chi connectivity index (χ1n) is 13.5. The van der Waals surface area contributed by atoms with Crippen LogP contribution in [0.2, 0.25) is 0 Å². The average Bonchev–Trinajstić information content (AvgIpc) is 3.51. The largest absolute Gasteiger partial charge is 0.497 e. The molecule has 8 nitrogen and oxygen atoms in total. The minimum Gasteiger partial charge on any atom is -0.497 e. The van der Waals surface area contributed by atoms with Gasteiger partial charge in [0.15, 0.2) is 4.80 Å². The van der Waals surface area contributed by atoms with Gasteiger partial charge in [-0.1, -0.05) is 23.5 Å². The number of thiazole rings is 1. The van der Waals surface area contributed by atoms with Crippen molar-refractivity contribution in [2.24, 2.45) is 4.99 Å². The quantitative estimate of drug-likeness (QED) is 0.285. The number of methoxy groups -OCH3 is 1. The molecule has 3 aromatic heterocycles. The lowest BCUT2D eigenvalue weighted by Gasteiger charge is -2.25. The maximum Gasteiger partial charge on any atom is 0.338 e. The molecule has 0 saturated heterocycles. The number of carbonyl (C=O) groups is 1. The summed E-state index contributed by atoms with van der Waals surface area (Å²) < 4.78 is 15.1. The summed E-state index contributed by atoms with van der Waals surface area (Å²) in [5.74, 6) is 0.170. The lowest BCUT2D eigenvalue weighted by atomic mass is 9.96. The molecule has 0 unspecified atom stereocenters. The highest BCUT2D eigenvalue weighted by Crippen LogP contribution is 2.34. The summed E-state index contributed by atoms with van der Waals surface area (Å²) in [5, 5.41) is 10.7. The zero-order valence-corrected chi connectivity index (χ0v) is 26.5. The van der Waals surface area contributed by atoms with Gasteiger partial charge in [-0.3, -0.25) is 9.36 Å². The first kappa shape index (κ1) is 29.3. The van der Waals surface area contributed by atoms with Crippen molar-refractivity contribution in [3.63, 3.8) is 0 Å². The molecule has 4 aromatic rings. The monoisotopic (exact) mass is 600 g/mol. The van der Waals surface area contributed by atoms with Gasteiger partial charge in [-0.25, -0.2) is 9.79 Å². The van der Waals surface area contributed by atoms with Gasteiger partial charge in [-0.2, -0.15) is 5.26 Å². The van der Waals surface area contributed by atoms with E-state index in [4.69, 9.17) is 14.5 Å². The Bertz CT molecular complexity index is 1980. The SMILES string of the molecule is COc1ccc([C@H]2C(C(=O)OC(C)C)=C(C)N=c3s/c(=C/c4cc(C)n(-c5sc(C)c(C)c5C#N)c4C)c(=O)n32)cc1. The topological polar surface area (TPSA) is 98.6 Å². The minimum atomic E-state index is -0.705. The molecule has 0 bridgehead atoms. The zero-order valence-electron chi connectivity index (χ0n) is 24.9. The van der Waals surface area contributed by atoms with Gasteiger partial charge in [-0.05, 0) is 89.4 Å². The molecule has 1 atom stereocenters. The van der Waals surface area contributed by atoms with Crippen molar-refractivity contribution in [2.75, 3.05) is 7.11 Å². The van der Waals surface area contributed by atoms with Crippen LogP contribution in [0.1, 0.15) is 65.3 Å². The third-order valence-corrected chi connectivity index (χ3v) is 9.63. The van der Waals surface area contributed by atoms with E-state index in [2.05, 4.69) is 10.6 Å². The molecule has 0 fully saturated rings. The van der Waals surface area contributed by atoms with Crippen LogP contribution in [0.5, 0.6) is 5.75 Å². The second-order valence-corrected chi connectivity index (χ2v) is 12.8. The van der Waals surface area contributed by atoms with E-state index in [0.717, 1.165) is 38.0 Å². The highest BCUT2D eigenvalue weighted by atomic mass is 32.1. The number of aromatic nitrogens is 2. The Balaban J connectivity index is 1.69. The molecule has 0 amide bonds. The van der Waals surface area contributed by atoms with E-state index < -0.39 is 12.0 Å². The molecule has 5 rings (SSSR count). The van der Waals surface area contributed by atoms with Gasteiger partial charge in [0.05, 0.1) is 40.6 Å². The van der Waals surface area contributed by atoms with E-state index in [9.17, 15) is 14.9 Å². The summed E-state index contributed by atoms with van der Waals surface area (Å²) in [6, 6.07) is 11.0. The third kappa shape index (κ3) is 4.93. The van der Waals surface area contributed by atoms with Crippen LogP contribution in [0.3, 0.4) is 0 Å². The molecule has 1 aliphatic rings. The summed E-state index contributed by atoms with van der Waals surface area (Å²) in [5.41, 5.74) is 5.78. The van der Waals surface area contributed by atoms with Crippen LogP contribution in [0.4, 0.5) is 0 Å². The number of esters is 1. The fourth-order valence-corrected chi connectivity index (χ4v) is 7.50. The summed E-state index contributed by atoms with van der Waals surface area (Å²) >= 11 is 2.88. The summed E-state index contributed by atoms with van der Waals surface area (Å²) in [6.45, 7) is 13.3. The molecule has 1 aliphatic heterocycles. The summed E-state index contributed by atoms with van der Waals surface area (Å²) in [7, 11) is 1.59. The molecule has 0 radical (unpaired) electrons. The van der Waals surface area contributed by atoms with Crippen LogP contribution in [0.15, 0.2) is 51.4 Å². The van der Waals surface area contributed by atoms with Crippen LogP contribution in [-0.2, 0) is 9.53 Å². The number of rotatable bonds is 6. The number of hydrogen-bond donors (Lipinski definition) is 0. The van der Waals surface area contributed by atoms with E-state index in [1.54, 1.807) is 43.8 Å². The number of nitriles is 1. The molecule has 1 aromatic carbocycles. The van der Waals surface area contributed by atoms with E-state index >= 15 is 0 Å². The van der Waals surface area contributed by atoms with Gasteiger partial charge in [0, 0.05) is 16.3 Å². The number of carbonyl (C=O) groups excluding carboxylic acids is 1. The van der Waals surface area contributed by atoms with Crippen molar-refractivity contribution in [1.29, 1.82) is 5.26 Å². The molecule has 42 heavy (non-hydrogen) atoms. The Hall–Kier alpha value is -4.20. The standard InChI is InChI=1S/C32H32N4O4S2/c1-16(2)40-31(38)27-19(5)34-32-36(28(27)22-9-11-24(39-8)12-10-22)29(37)26(42-32)14-23-13-17(3)35(20(23)6)30-25(15-33)18(4)21(7)41-30/h9-14,16,28H,1-8H3/b26-14+/t28-/m0/s1. The van der Waals surface area contributed by atoms with Crippen molar-refractivity contribution < 1.29 is 14.3 Å². The van der Waals surface area contributed by atoms with Crippen molar-refractivity contribution in [1.82, 2.24) is 9.13 Å². The maximum absolute atomic E-state index is 14.1. The van der Waals surface area contributed by atoms with E-state index in [-0.39, 0.29) is 11.7 Å². The lowest BCUT2D eigenvalue weighted by molar-refractivity contribution is -0.143.